The smallest absolute Gasteiger partial charge is 0.264 e. The van der Waals surface area contributed by atoms with E-state index in [0.717, 1.165) is 52.7 Å². The first-order valence-corrected chi connectivity index (χ1v) is 9.08. The highest BCUT2D eigenvalue weighted by molar-refractivity contribution is 7.20. The number of nitrogens with zero attached hydrogens (tertiary/aromatic N) is 3. The van der Waals surface area contributed by atoms with E-state index >= 15 is 0 Å². The number of amides is 1. The van der Waals surface area contributed by atoms with Gasteiger partial charge in [-0.25, -0.2) is 4.68 Å². The van der Waals surface area contributed by atoms with Gasteiger partial charge in [0, 0.05) is 36.6 Å². The van der Waals surface area contributed by atoms with Crippen LogP contribution in [0.2, 0.25) is 5.02 Å². The minimum absolute atomic E-state index is 0. The number of fused-ring (bicyclic) bond motifs is 1. The second-order valence-electron chi connectivity index (χ2n) is 5.85. The predicted molar refractivity (Wildman–Crippen MR) is 105 cm³/mol. The summed E-state index contributed by atoms with van der Waals surface area (Å²) in [5.41, 5.74) is 1.82. The highest BCUT2D eigenvalue weighted by atomic mass is 35.5. The molecule has 1 saturated heterocycles. The summed E-state index contributed by atoms with van der Waals surface area (Å²) in [6.07, 6.45) is 0. The molecule has 0 saturated carbocycles. The molecule has 1 N–H and O–H groups in total. The molecule has 0 radical (unpaired) electrons. The third kappa shape index (κ3) is 3.40. The van der Waals surface area contributed by atoms with Gasteiger partial charge in [0.1, 0.15) is 4.83 Å². The van der Waals surface area contributed by atoms with Gasteiger partial charge in [0.05, 0.1) is 16.3 Å². The lowest BCUT2D eigenvalue weighted by molar-refractivity contribution is 0.0741. The van der Waals surface area contributed by atoms with Crippen molar-refractivity contribution >= 4 is 51.5 Å². The maximum absolute atomic E-state index is 12.7. The molecule has 0 spiro atoms. The molecular weight excluding hydrogens is 379 g/mol. The lowest BCUT2D eigenvalue weighted by Gasteiger charge is -2.26. The minimum atomic E-state index is 0. The summed E-state index contributed by atoms with van der Waals surface area (Å²) in [5.74, 6) is 0.106. The summed E-state index contributed by atoms with van der Waals surface area (Å²) in [6.45, 7) is 5.19. The zero-order chi connectivity index (χ0) is 16.7. The number of thiophene rings is 1. The molecule has 1 amide bonds. The van der Waals surface area contributed by atoms with Crippen LogP contribution >= 0.6 is 35.3 Å². The first-order valence-electron chi connectivity index (χ1n) is 7.88. The molecule has 1 aromatic carbocycles. The monoisotopic (exact) mass is 396 g/mol. The Bertz CT molecular complexity index is 915. The number of rotatable bonds is 2. The van der Waals surface area contributed by atoms with Crippen LogP contribution in [-0.2, 0) is 0 Å². The van der Waals surface area contributed by atoms with Crippen molar-refractivity contribution in [2.24, 2.45) is 0 Å². The summed E-state index contributed by atoms with van der Waals surface area (Å²) in [6, 6.07) is 9.56. The van der Waals surface area contributed by atoms with Crippen LogP contribution in [0, 0.1) is 6.92 Å². The van der Waals surface area contributed by atoms with Crippen LogP contribution in [0.4, 0.5) is 0 Å². The first kappa shape index (κ1) is 18.2. The van der Waals surface area contributed by atoms with E-state index in [-0.39, 0.29) is 18.3 Å². The number of aryl methyl sites for hydroxylation is 1. The van der Waals surface area contributed by atoms with Crippen LogP contribution in [0.3, 0.4) is 0 Å². The van der Waals surface area contributed by atoms with Gasteiger partial charge in [-0.2, -0.15) is 5.10 Å². The number of carbonyl (C=O) groups excluding carboxylic acids is 1. The molecule has 25 heavy (non-hydrogen) atoms. The number of halogens is 2. The van der Waals surface area contributed by atoms with E-state index in [9.17, 15) is 4.79 Å². The zero-order valence-electron chi connectivity index (χ0n) is 13.7. The Hall–Kier alpha value is -1.60. The fourth-order valence-electron chi connectivity index (χ4n) is 2.96. The molecule has 4 rings (SSSR count). The van der Waals surface area contributed by atoms with Crippen molar-refractivity contribution in [3.05, 3.63) is 45.9 Å². The van der Waals surface area contributed by atoms with Crippen molar-refractivity contribution in [1.82, 2.24) is 20.0 Å². The highest BCUT2D eigenvalue weighted by Gasteiger charge is 2.22. The molecule has 1 fully saturated rings. The second kappa shape index (κ2) is 7.33. The van der Waals surface area contributed by atoms with Gasteiger partial charge in [-0.05, 0) is 31.2 Å². The van der Waals surface area contributed by atoms with Crippen LogP contribution in [-0.4, -0.2) is 46.8 Å². The molecule has 3 aromatic rings. The summed E-state index contributed by atoms with van der Waals surface area (Å²) in [4.78, 5) is 16.4. The lowest BCUT2D eigenvalue weighted by atomic mass is 10.2. The normalized spacial score (nSPS) is 14.6. The Labute approximate surface area is 161 Å². The van der Waals surface area contributed by atoms with Crippen molar-refractivity contribution in [2.75, 3.05) is 26.2 Å². The number of hydrogen-bond donors (Lipinski definition) is 1. The minimum Gasteiger partial charge on any atom is -0.335 e. The Kier molecular flexibility index (Phi) is 5.34. The van der Waals surface area contributed by atoms with Gasteiger partial charge in [0.15, 0.2) is 0 Å². The van der Waals surface area contributed by atoms with E-state index in [1.165, 1.54) is 11.3 Å². The van der Waals surface area contributed by atoms with Crippen molar-refractivity contribution in [3.8, 4) is 5.69 Å². The Morgan fingerprint density at radius 2 is 2.04 bits per heavy atom. The first-order chi connectivity index (χ1) is 11.6. The van der Waals surface area contributed by atoms with Crippen molar-refractivity contribution in [2.45, 2.75) is 6.92 Å². The fourth-order valence-corrected chi connectivity index (χ4v) is 4.29. The number of aromatic nitrogens is 2. The van der Waals surface area contributed by atoms with Gasteiger partial charge in [-0.1, -0.05) is 17.7 Å². The van der Waals surface area contributed by atoms with Crippen LogP contribution in [0.15, 0.2) is 30.3 Å². The van der Waals surface area contributed by atoms with Crippen molar-refractivity contribution in [3.63, 3.8) is 0 Å². The summed E-state index contributed by atoms with van der Waals surface area (Å²) >= 11 is 7.60. The van der Waals surface area contributed by atoms with E-state index in [1.807, 2.05) is 46.8 Å². The number of piperazine rings is 1. The zero-order valence-corrected chi connectivity index (χ0v) is 16.0. The highest BCUT2D eigenvalue weighted by Crippen LogP contribution is 2.31. The average molecular weight is 397 g/mol. The summed E-state index contributed by atoms with van der Waals surface area (Å²) in [5, 5.41) is 9.57. The molecular formula is C17H18Cl2N4OS. The molecule has 0 bridgehead atoms. The summed E-state index contributed by atoms with van der Waals surface area (Å²) in [7, 11) is 0. The Morgan fingerprint density at radius 1 is 1.28 bits per heavy atom. The third-order valence-corrected chi connectivity index (χ3v) is 5.55. The molecule has 132 valence electrons. The molecule has 0 aliphatic carbocycles. The number of benzene rings is 1. The molecule has 1 aliphatic rings. The predicted octanol–water partition coefficient (Wildman–Crippen LogP) is 3.52. The summed E-state index contributed by atoms with van der Waals surface area (Å²) < 4.78 is 1.87. The van der Waals surface area contributed by atoms with Crippen molar-refractivity contribution in [1.29, 1.82) is 0 Å². The van der Waals surface area contributed by atoms with E-state index in [4.69, 9.17) is 11.6 Å². The van der Waals surface area contributed by atoms with Crippen LogP contribution in [0.5, 0.6) is 0 Å². The molecule has 0 unspecified atom stereocenters. The van der Waals surface area contributed by atoms with E-state index in [1.54, 1.807) is 0 Å². The SMILES string of the molecule is Cc1nn(-c2cccc(Cl)c2)c2sc(C(=O)N3CCNCC3)cc12.Cl. The molecule has 3 heterocycles. The quantitative estimate of drug-likeness (QED) is 0.720. The van der Waals surface area contributed by atoms with Crippen molar-refractivity contribution < 1.29 is 4.79 Å². The molecule has 1 aliphatic heterocycles. The molecule has 0 atom stereocenters. The maximum atomic E-state index is 12.7. The van der Waals surface area contributed by atoms with Gasteiger partial charge in [-0.3, -0.25) is 4.79 Å². The van der Waals surface area contributed by atoms with Gasteiger partial charge in [-0.15, -0.1) is 23.7 Å². The van der Waals surface area contributed by atoms with Gasteiger partial charge in [0.25, 0.3) is 5.91 Å². The van der Waals surface area contributed by atoms with E-state index in [0.29, 0.717) is 5.02 Å². The molecule has 5 nitrogen and oxygen atoms in total. The lowest BCUT2D eigenvalue weighted by Crippen LogP contribution is -2.46. The third-order valence-electron chi connectivity index (χ3n) is 4.21. The molecule has 2 aromatic heterocycles. The average Bonchev–Trinajstić information content (AvgIpc) is 3.16. The number of nitrogens with one attached hydrogen (secondary N) is 1. The number of hydrogen-bond acceptors (Lipinski definition) is 4. The Balaban J connectivity index is 0.00000182. The topological polar surface area (TPSA) is 50.2 Å². The standard InChI is InChI=1S/C17H17ClN4OS.ClH/c1-11-14-10-15(16(23)21-7-5-19-6-8-21)24-17(14)22(20-11)13-4-2-3-12(18)9-13;/h2-4,9-10,19H,5-8H2,1H3;1H. The Morgan fingerprint density at radius 3 is 2.76 bits per heavy atom. The van der Waals surface area contributed by atoms with Crippen LogP contribution < -0.4 is 5.32 Å². The second-order valence-corrected chi connectivity index (χ2v) is 7.32. The largest absolute Gasteiger partial charge is 0.335 e. The van der Waals surface area contributed by atoms with Crippen LogP contribution in [0.1, 0.15) is 15.4 Å². The maximum Gasteiger partial charge on any atom is 0.264 e. The molecule has 8 heteroatoms. The van der Waals surface area contributed by atoms with Crippen LogP contribution in [0.25, 0.3) is 15.9 Å². The fraction of sp³-hybridized carbons (Fsp3) is 0.294. The van der Waals surface area contributed by atoms with E-state index < -0.39 is 0 Å². The van der Waals surface area contributed by atoms with Gasteiger partial charge >= 0.3 is 0 Å². The number of carbonyl (C=O) groups is 1. The van der Waals surface area contributed by atoms with Gasteiger partial charge in [0.2, 0.25) is 0 Å². The van der Waals surface area contributed by atoms with Gasteiger partial charge < -0.3 is 10.2 Å². The van der Waals surface area contributed by atoms with E-state index in [2.05, 4.69) is 10.4 Å².